The van der Waals surface area contributed by atoms with Gasteiger partial charge in [0.15, 0.2) is 6.61 Å². The van der Waals surface area contributed by atoms with Crippen LogP contribution in [0.5, 0.6) is 0 Å². The van der Waals surface area contributed by atoms with E-state index >= 15 is 0 Å². The lowest BCUT2D eigenvalue weighted by atomic mass is 9.46. The number of aliphatic carboxylic acids is 1. The smallest absolute Gasteiger partial charge is 0.305 e. The van der Waals surface area contributed by atoms with Gasteiger partial charge in [-0.2, -0.15) is 0 Å². The Labute approximate surface area is 245 Å². The van der Waals surface area contributed by atoms with E-state index in [0.29, 0.717) is 36.6 Å². The number of nitrogens with zero attached hydrogens (tertiary/aromatic N) is 1. The molecule has 8 atom stereocenters. The number of Topliss-reactive ketones (excluding diaryl/α,β-unsaturated/α-hetero) is 1. The molecule has 2 N–H and O–H groups in total. The number of fused-ring (bicyclic) bond motifs is 5. The second kappa shape index (κ2) is 11.5. The highest BCUT2D eigenvalue weighted by molar-refractivity contribution is 5.96. The first-order chi connectivity index (χ1) is 19.3. The summed E-state index contributed by atoms with van der Waals surface area (Å²) in [5.41, 5.74) is 2.35. The fourth-order valence-electron chi connectivity index (χ4n) is 9.88. The minimum atomic E-state index is -0.929. The molecule has 0 aromatic carbocycles. The summed E-state index contributed by atoms with van der Waals surface area (Å²) in [6, 6.07) is -0.463. The summed E-state index contributed by atoms with van der Waals surface area (Å²) in [5, 5.41) is 16.7. The second-order valence-electron chi connectivity index (χ2n) is 14.8. The van der Waals surface area contributed by atoms with Crippen molar-refractivity contribution in [1.82, 2.24) is 5.32 Å². The van der Waals surface area contributed by atoms with Crippen molar-refractivity contribution in [3.05, 3.63) is 11.6 Å². The Bertz CT molecular complexity index is 1110. The number of carbonyl (C=O) groups excluding carboxylic acids is 2. The zero-order valence-electron chi connectivity index (χ0n) is 25.7. The van der Waals surface area contributed by atoms with Crippen LogP contribution >= 0.6 is 0 Å². The predicted molar refractivity (Wildman–Crippen MR) is 156 cm³/mol. The molecule has 1 heterocycles. The maximum Gasteiger partial charge on any atom is 0.305 e. The number of nitrogens with one attached hydrogen (secondary N) is 1. The van der Waals surface area contributed by atoms with Crippen LogP contribution in [0.4, 0.5) is 0 Å². The molecular weight excluding hydrogens is 520 g/mol. The summed E-state index contributed by atoms with van der Waals surface area (Å²) in [7, 11) is 0. The lowest BCUT2D eigenvalue weighted by molar-refractivity contribution is -0.140. The molecule has 4 aliphatic carbocycles. The number of oxime groups is 1. The van der Waals surface area contributed by atoms with Crippen LogP contribution in [0.15, 0.2) is 16.8 Å². The fourth-order valence-corrected chi connectivity index (χ4v) is 9.88. The van der Waals surface area contributed by atoms with Crippen molar-refractivity contribution in [2.75, 3.05) is 13.2 Å². The Balaban J connectivity index is 1.19. The van der Waals surface area contributed by atoms with E-state index in [1.165, 1.54) is 24.8 Å². The van der Waals surface area contributed by atoms with E-state index in [9.17, 15) is 19.5 Å². The highest BCUT2D eigenvalue weighted by atomic mass is 16.6. The zero-order valence-corrected chi connectivity index (χ0v) is 25.7. The van der Waals surface area contributed by atoms with E-state index in [1.807, 2.05) is 13.8 Å². The Kier molecular flexibility index (Phi) is 8.45. The van der Waals surface area contributed by atoms with Gasteiger partial charge in [-0.1, -0.05) is 24.6 Å². The molecule has 8 nitrogen and oxygen atoms in total. The average Bonchev–Trinajstić information content (AvgIpc) is 3.25. The Morgan fingerprint density at radius 2 is 1.85 bits per heavy atom. The van der Waals surface area contributed by atoms with Gasteiger partial charge in [0.05, 0.1) is 17.7 Å². The molecule has 0 unspecified atom stereocenters. The predicted octanol–water partition coefficient (Wildman–Crippen LogP) is 5.69. The standard InChI is InChI=1S/C33H50N2O6/c1-20(36)25-8-9-26-24-7-6-22-16-23(10-13-32(22,4)27(24)11-14-33(25,26)5)35-41-19-29(37)34-28(17-30(38)39)21-12-15-40-31(2,3)18-21/h16,21,24-28H,6-15,17-19H2,1-5H3,(H,34,37)(H,38,39)/b35-23-/t21-,24-,25-,26+,27+,28+,32-,33+/m0/s1. The first-order valence-corrected chi connectivity index (χ1v) is 15.9. The fraction of sp³-hybridized carbons (Fsp3) is 0.818. The van der Waals surface area contributed by atoms with Crippen LogP contribution in [0.3, 0.4) is 0 Å². The molecule has 0 aromatic rings. The number of rotatable bonds is 8. The lowest BCUT2D eigenvalue weighted by Crippen LogP contribution is -2.51. The summed E-state index contributed by atoms with van der Waals surface area (Å²) in [6.45, 7) is 11.0. The minimum Gasteiger partial charge on any atom is -0.481 e. The number of allylic oxidation sites excluding steroid dienone is 2. The molecule has 4 fully saturated rings. The van der Waals surface area contributed by atoms with Crippen LogP contribution < -0.4 is 5.32 Å². The summed E-state index contributed by atoms with van der Waals surface area (Å²) in [4.78, 5) is 42.2. The van der Waals surface area contributed by atoms with Crippen molar-refractivity contribution in [3.8, 4) is 0 Å². The number of hydrogen-bond acceptors (Lipinski definition) is 6. The molecule has 1 saturated heterocycles. The van der Waals surface area contributed by atoms with Crippen molar-refractivity contribution in [2.45, 2.75) is 117 Å². The number of carboxylic acid groups (broad SMARTS) is 1. The van der Waals surface area contributed by atoms with E-state index in [0.717, 1.165) is 44.2 Å². The van der Waals surface area contributed by atoms with Gasteiger partial charge in [0.25, 0.3) is 5.91 Å². The molecule has 228 valence electrons. The number of ether oxygens (including phenoxy) is 1. The highest BCUT2D eigenvalue weighted by Gasteiger charge is 2.59. The van der Waals surface area contributed by atoms with Gasteiger partial charge >= 0.3 is 5.97 Å². The van der Waals surface area contributed by atoms with Gasteiger partial charge in [-0.05, 0) is 126 Å². The maximum absolute atomic E-state index is 12.7. The maximum atomic E-state index is 12.7. The molecule has 3 saturated carbocycles. The van der Waals surface area contributed by atoms with E-state index in [4.69, 9.17) is 9.57 Å². The van der Waals surface area contributed by atoms with Crippen LogP contribution in [-0.2, 0) is 24.0 Å². The molecule has 8 heteroatoms. The van der Waals surface area contributed by atoms with Gasteiger partial charge in [0, 0.05) is 18.6 Å². The van der Waals surface area contributed by atoms with Crippen LogP contribution in [0, 0.1) is 40.4 Å². The van der Waals surface area contributed by atoms with Gasteiger partial charge in [-0.25, -0.2) is 0 Å². The van der Waals surface area contributed by atoms with E-state index < -0.39 is 12.0 Å². The summed E-state index contributed by atoms with van der Waals surface area (Å²) in [5.74, 6) is 1.39. The van der Waals surface area contributed by atoms with Crippen molar-refractivity contribution in [2.24, 2.45) is 45.6 Å². The molecule has 41 heavy (non-hydrogen) atoms. The van der Waals surface area contributed by atoms with Crippen molar-refractivity contribution < 1.29 is 29.1 Å². The van der Waals surface area contributed by atoms with E-state index in [1.54, 1.807) is 6.92 Å². The Morgan fingerprint density at radius 1 is 1.07 bits per heavy atom. The van der Waals surface area contributed by atoms with Crippen molar-refractivity contribution >= 4 is 23.4 Å². The molecule has 0 spiro atoms. The highest BCUT2D eigenvalue weighted by Crippen LogP contribution is 2.66. The first kappa shape index (κ1) is 30.2. The summed E-state index contributed by atoms with van der Waals surface area (Å²) in [6.07, 6.45) is 12.2. The topological polar surface area (TPSA) is 114 Å². The molecule has 1 amide bonds. The van der Waals surface area contributed by atoms with Crippen molar-refractivity contribution in [1.29, 1.82) is 0 Å². The summed E-state index contributed by atoms with van der Waals surface area (Å²) < 4.78 is 5.78. The van der Waals surface area contributed by atoms with Gasteiger partial charge < -0.3 is 20.0 Å². The third-order valence-corrected chi connectivity index (χ3v) is 11.9. The monoisotopic (exact) mass is 570 g/mol. The minimum absolute atomic E-state index is 0.0382. The SMILES string of the molecule is CC(=O)[C@@H]1CC[C@@H]2[C@@H]3CCC4=C/C(=N\OCC(=O)N[C@H](CC(=O)O)[C@H]5CCOC(C)(C)C5)CC[C@]4(C)[C@@H]3CC[C@@]21C. The van der Waals surface area contributed by atoms with Gasteiger partial charge in [-0.3, -0.25) is 14.4 Å². The third kappa shape index (κ3) is 6.00. The number of carboxylic acids is 1. The molecule has 0 aromatic heterocycles. The third-order valence-electron chi connectivity index (χ3n) is 11.9. The molecule has 0 radical (unpaired) electrons. The summed E-state index contributed by atoms with van der Waals surface area (Å²) >= 11 is 0. The number of carbonyl (C=O) groups is 3. The zero-order chi connectivity index (χ0) is 29.6. The number of ketones is 1. The largest absolute Gasteiger partial charge is 0.481 e. The Hall–Kier alpha value is -2.22. The van der Waals surface area contributed by atoms with Crippen molar-refractivity contribution in [3.63, 3.8) is 0 Å². The van der Waals surface area contributed by atoms with E-state index in [2.05, 4.69) is 30.4 Å². The molecule has 0 bridgehead atoms. The van der Waals surface area contributed by atoms with Gasteiger partial charge in [0.2, 0.25) is 0 Å². The van der Waals surface area contributed by atoms with Crippen LogP contribution in [0.1, 0.15) is 105 Å². The van der Waals surface area contributed by atoms with Crippen LogP contribution in [0.2, 0.25) is 0 Å². The molecule has 5 aliphatic rings. The Morgan fingerprint density at radius 3 is 2.56 bits per heavy atom. The number of hydrogen-bond donors (Lipinski definition) is 2. The average molecular weight is 571 g/mol. The van der Waals surface area contributed by atoms with Gasteiger partial charge in [-0.15, -0.1) is 0 Å². The van der Waals surface area contributed by atoms with E-state index in [-0.39, 0.29) is 47.2 Å². The number of amides is 1. The quantitative estimate of drug-likeness (QED) is 0.362. The van der Waals surface area contributed by atoms with Crippen LogP contribution in [-0.4, -0.2) is 53.3 Å². The lowest BCUT2D eigenvalue weighted by Gasteiger charge is -2.58. The van der Waals surface area contributed by atoms with Crippen LogP contribution in [0.25, 0.3) is 0 Å². The normalized spacial score (nSPS) is 39.5. The second-order valence-corrected chi connectivity index (χ2v) is 14.8. The molecular formula is C33H50N2O6. The van der Waals surface area contributed by atoms with Gasteiger partial charge in [0.1, 0.15) is 5.78 Å². The molecule has 5 rings (SSSR count). The molecule has 1 aliphatic heterocycles. The first-order valence-electron chi connectivity index (χ1n) is 15.9.